The summed E-state index contributed by atoms with van der Waals surface area (Å²) >= 11 is 0. The molecular formula is C12H18N2O. The maximum atomic E-state index is 10.5. The van der Waals surface area contributed by atoms with Crippen LogP contribution in [0, 0.1) is 18.8 Å². The minimum Gasteiger partial charge on any atom is -0.372 e. The molecule has 0 atom stereocenters. The van der Waals surface area contributed by atoms with Crippen LogP contribution in [0.2, 0.25) is 0 Å². The summed E-state index contributed by atoms with van der Waals surface area (Å²) in [4.78, 5) is 12.8. The van der Waals surface area contributed by atoms with Crippen molar-refractivity contribution in [3.63, 3.8) is 0 Å². The molecule has 0 saturated heterocycles. The van der Waals surface area contributed by atoms with Gasteiger partial charge in [0.25, 0.3) is 0 Å². The van der Waals surface area contributed by atoms with Crippen LogP contribution in [-0.2, 0) is 0 Å². The van der Waals surface area contributed by atoms with Gasteiger partial charge in [-0.15, -0.1) is 4.91 Å². The average Bonchev–Trinajstić information content (AvgIpc) is 2.24. The highest BCUT2D eigenvalue weighted by Gasteiger charge is 2.09. The lowest BCUT2D eigenvalue weighted by atomic mass is 10.1. The van der Waals surface area contributed by atoms with Gasteiger partial charge >= 0.3 is 0 Å². The van der Waals surface area contributed by atoms with E-state index in [-0.39, 0.29) is 0 Å². The van der Waals surface area contributed by atoms with E-state index in [1.807, 2.05) is 26.0 Å². The van der Waals surface area contributed by atoms with Gasteiger partial charge in [0, 0.05) is 18.8 Å². The lowest BCUT2D eigenvalue weighted by Crippen LogP contribution is -2.22. The van der Waals surface area contributed by atoms with Crippen molar-refractivity contribution in [3.05, 3.63) is 28.2 Å². The standard InChI is InChI=1S/C12H18N2O/c1-5-14(6-2)12-8-9(3)11(13-15)7-10(12)4/h7-8H,5-6H2,1-4H3. The molecule has 1 aromatic rings. The largest absolute Gasteiger partial charge is 0.372 e. The zero-order valence-corrected chi connectivity index (χ0v) is 9.87. The van der Waals surface area contributed by atoms with Gasteiger partial charge in [-0.2, -0.15) is 0 Å². The molecule has 0 heterocycles. The minimum absolute atomic E-state index is 0.545. The van der Waals surface area contributed by atoms with Gasteiger partial charge in [0.05, 0.1) is 0 Å². The topological polar surface area (TPSA) is 32.7 Å². The van der Waals surface area contributed by atoms with Crippen LogP contribution in [0.5, 0.6) is 0 Å². The Labute approximate surface area is 91.1 Å². The van der Waals surface area contributed by atoms with E-state index in [0.29, 0.717) is 5.69 Å². The summed E-state index contributed by atoms with van der Waals surface area (Å²) in [6.07, 6.45) is 0. The quantitative estimate of drug-likeness (QED) is 0.706. The normalized spacial score (nSPS) is 10.1. The van der Waals surface area contributed by atoms with E-state index in [4.69, 9.17) is 0 Å². The number of aryl methyl sites for hydroxylation is 2. The van der Waals surface area contributed by atoms with Crippen molar-refractivity contribution in [3.8, 4) is 0 Å². The summed E-state index contributed by atoms with van der Waals surface area (Å²) < 4.78 is 0. The van der Waals surface area contributed by atoms with Crippen LogP contribution in [0.15, 0.2) is 17.3 Å². The highest BCUT2D eigenvalue weighted by Crippen LogP contribution is 2.28. The highest BCUT2D eigenvalue weighted by molar-refractivity contribution is 5.62. The minimum atomic E-state index is 0.545. The number of hydrogen-bond acceptors (Lipinski definition) is 3. The Kier molecular flexibility index (Phi) is 3.83. The molecule has 0 N–H and O–H groups in total. The molecule has 0 aliphatic carbocycles. The molecule has 0 aliphatic rings. The summed E-state index contributed by atoms with van der Waals surface area (Å²) in [5, 5.41) is 3.01. The third-order valence-electron chi connectivity index (χ3n) is 2.72. The van der Waals surface area contributed by atoms with Crippen LogP contribution in [0.3, 0.4) is 0 Å². The first kappa shape index (κ1) is 11.7. The van der Waals surface area contributed by atoms with E-state index in [9.17, 15) is 4.91 Å². The molecule has 82 valence electrons. The van der Waals surface area contributed by atoms with Gasteiger partial charge in [0.2, 0.25) is 0 Å². The van der Waals surface area contributed by atoms with E-state index in [2.05, 4.69) is 23.9 Å². The molecule has 0 saturated carbocycles. The maximum absolute atomic E-state index is 10.5. The number of benzene rings is 1. The SMILES string of the molecule is CCN(CC)c1cc(C)c(N=O)cc1C. The number of anilines is 1. The molecule has 0 bridgehead atoms. The van der Waals surface area contributed by atoms with E-state index >= 15 is 0 Å². The number of rotatable bonds is 4. The van der Waals surface area contributed by atoms with Crippen LogP contribution in [0.25, 0.3) is 0 Å². The lowest BCUT2D eigenvalue weighted by Gasteiger charge is -2.23. The fourth-order valence-corrected chi connectivity index (χ4v) is 1.79. The van der Waals surface area contributed by atoms with Crippen molar-refractivity contribution < 1.29 is 0 Å². The molecule has 0 aliphatic heterocycles. The van der Waals surface area contributed by atoms with Crippen LogP contribution in [0.4, 0.5) is 11.4 Å². The number of nitrogens with zero attached hydrogens (tertiary/aromatic N) is 2. The fourth-order valence-electron chi connectivity index (χ4n) is 1.79. The van der Waals surface area contributed by atoms with Crippen molar-refractivity contribution in [1.82, 2.24) is 0 Å². The van der Waals surface area contributed by atoms with Crippen molar-refractivity contribution in [2.24, 2.45) is 5.18 Å². The summed E-state index contributed by atoms with van der Waals surface area (Å²) in [5.74, 6) is 0. The first-order valence-electron chi connectivity index (χ1n) is 5.33. The van der Waals surface area contributed by atoms with Crippen LogP contribution < -0.4 is 4.90 Å². The first-order chi connectivity index (χ1) is 7.13. The summed E-state index contributed by atoms with van der Waals surface area (Å²) in [7, 11) is 0. The molecule has 0 fully saturated rings. The Morgan fingerprint density at radius 1 is 1.13 bits per heavy atom. The van der Waals surface area contributed by atoms with E-state index in [0.717, 1.165) is 24.2 Å². The van der Waals surface area contributed by atoms with Gasteiger partial charge in [0.15, 0.2) is 0 Å². The maximum Gasteiger partial charge on any atom is 0.111 e. The Hall–Kier alpha value is -1.38. The molecule has 0 aromatic heterocycles. The highest BCUT2D eigenvalue weighted by atomic mass is 16.3. The second-order valence-electron chi connectivity index (χ2n) is 3.69. The monoisotopic (exact) mass is 206 g/mol. The smallest absolute Gasteiger partial charge is 0.111 e. The molecule has 1 rings (SSSR count). The van der Waals surface area contributed by atoms with Crippen LogP contribution in [-0.4, -0.2) is 13.1 Å². The van der Waals surface area contributed by atoms with Gasteiger partial charge in [-0.25, -0.2) is 0 Å². The zero-order valence-electron chi connectivity index (χ0n) is 9.87. The molecule has 0 amide bonds. The average molecular weight is 206 g/mol. The zero-order chi connectivity index (χ0) is 11.4. The van der Waals surface area contributed by atoms with Crippen molar-refractivity contribution >= 4 is 11.4 Å². The van der Waals surface area contributed by atoms with Crippen LogP contribution >= 0.6 is 0 Å². The molecule has 3 nitrogen and oxygen atoms in total. The van der Waals surface area contributed by atoms with Gasteiger partial charge in [-0.1, -0.05) is 0 Å². The van der Waals surface area contributed by atoms with Gasteiger partial charge in [-0.3, -0.25) is 0 Å². The van der Waals surface area contributed by atoms with E-state index in [1.165, 1.54) is 5.69 Å². The van der Waals surface area contributed by atoms with Gasteiger partial charge in [-0.05, 0) is 56.1 Å². The van der Waals surface area contributed by atoms with E-state index < -0.39 is 0 Å². The predicted octanol–water partition coefficient (Wildman–Crippen LogP) is 3.55. The molecule has 15 heavy (non-hydrogen) atoms. The lowest BCUT2D eigenvalue weighted by molar-refractivity contribution is 0.861. The molecular weight excluding hydrogens is 188 g/mol. The van der Waals surface area contributed by atoms with Gasteiger partial charge in [0.1, 0.15) is 5.69 Å². The Morgan fingerprint density at radius 2 is 1.73 bits per heavy atom. The fraction of sp³-hybridized carbons (Fsp3) is 0.500. The third kappa shape index (κ3) is 2.35. The molecule has 1 aromatic carbocycles. The van der Waals surface area contributed by atoms with Crippen molar-refractivity contribution in [2.75, 3.05) is 18.0 Å². The summed E-state index contributed by atoms with van der Waals surface area (Å²) in [6, 6.07) is 3.90. The van der Waals surface area contributed by atoms with Crippen molar-refractivity contribution in [2.45, 2.75) is 27.7 Å². The number of hydrogen-bond donors (Lipinski definition) is 0. The Balaban J connectivity index is 3.20. The Bertz CT molecular complexity index is 357. The first-order valence-corrected chi connectivity index (χ1v) is 5.33. The Morgan fingerprint density at radius 3 is 2.20 bits per heavy atom. The van der Waals surface area contributed by atoms with Gasteiger partial charge < -0.3 is 4.90 Å². The second-order valence-corrected chi connectivity index (χ2v) is 3.69. The third-order valence-corrected chi connectivity index (χ3v) is 2.72. The summed E-state index contributed by atoms with van der Waals surface area (Å²) in [5.41, 5.74) is 3.80. The number of nitroso groups, excluding NO2 is 1. The second kappa shape index (κ2) is 4.91. The molecule has 0 unspecified atom stereocenters. The predicted molar refractivity (Wildman–Crippen MR) is 64.9 cm³/mol. The van der Waals surface area contributed by atoms with Crippen LogP contribution in [0.1, 0.15) is 25.0 Å². The summed E-state index contributed by atoms with van der Waals surface area (Å²) in [6.45, 7) is 10.1. The molecule has 0 spiro atoms. The van der Waals surface area contributed by atoms with E-state index in [1.54, 1.807) is 0 Å². The van der Waals surface area contributed by atoms with Crippen molar-refractivity contribution in [1.29, 1.82) is 0 Å². The molecule has 0 radical (unpaired) electrons. The molecule has 3 heteroatoms.